The van der Waals surface area contributed by atoms with E-state index in [1.165, 1.54) is 30.7 Å². The molecule has 0 spiro atoms. The first-order chi connectivity index (χ1) is 18.5. The number of piperazine rings is 1. The summed E-state index contributed by atoms with van der Waals surface area (Å²) in [6.07, 6.45) is 2.42. The van der Waals surface area contributed by atoms with Crippen molar-refractivity contribution in [1.82, 2.24) is 35.4 Å². The van der Waals surface area contributed by atoms with E-state index in [9.17, 15) is 4.39 Å². The van der Waals surface area contributed by atoms with Crippen LogP contribution in [0, 0.1) is 19.7 Å². The Labute approximate surface area is 225 Å². The number of pyridine rings is 1. The first-order valence-corrected chi connectivity index (χ1v) is 13.9. The summed E-state index contributed by atoms with van der Waals surface area (Å²) in [7, 11) is 0. The maximum absolute atomic E-state index is 14.9. The lowest BCUT2D eigenvalue weighted by Gasteiger charge is -2.41. The van der Waals surface area contributed by atoms with Crippen LogP contribution in [0.25, 0.3) is 10.9 Å². The molecule has 0 radical (unpaired) electrons. The van der Waals surface area contributed by atoms with Crippen molar-refractivity contribution in [3.63, 3.8) is 0 Å². The standard InChI is InChI=1S/C27H32FN9S/c1-17-3-4-19-14-21(15-22(28)26(19)30-17)38-27-32-23(31-24-13-18(2)34-35-24)16-25(33-27)37-11-9-36(10-12-37)20-5-7-29-8-6-20/h3-4,13-16,20,29H,5-12H2,1-2H3,(H2,31,32,33,34,35). The molecule has 0 atom stereocenters. The van der Waals surface area contributed by atoms with Gasteiger partial charge in [0.2, 0.25) is 0 Å². The van der Waals surface area contributed by atoms with Crippen LogP contribution in [0.2, 0.25) is 0 Å². The number of hydrogen-bond acceptors (Lipinski definition) is 9. The number of halogens is 1. The van der Waals surface area contributed by atoms with E-state index in [4.69, 9.17) is 9.97 Å². The van der Waals surface area contributed by atoms with E-state index in [0.717, 1.165) is 66.8 Å². The average molecular weight is 534 g/mol. The third-order valence-corrected chi connectivity index (χ3v) is 8.02. The number of benzene rings is 1. The van der Waals surface area contributed by atoms with Crippen LogP contribution in [0.15, 0.2) is 46.5 Å². The van der Waals surface area contributed by atoms with E-state index in [2.05, 4.69) is 35.6 Å². The lowest BCUT2D eigenvalue weighted by atomic mass is 10.0. The number of rotatable bonds is 6. The second kappa shape index (κ2) is 10.8. The topological polar surface area (TPSA) is 97.9 Å². The zero-order chi connectivity index (χ0) is 26.1. The minimum absolute atomic E-state index is 0.343. The first-order valence-electron chi connectivity index (χ1n) is 13.1. The molecule has 0 aliphatic carbocycles. The van der Waals surface area contributed by atoms with Gasteiger partial charge in [0.25, 0.3) is 0 Å². The molecule has 4 aromatic rings. The van der Waals surface area contributed by atoms with Gasteiger partial charge in [-0.05, 0) is 69.7 Å². The number of hydrogen-bond donors (Lipinski definition) is 3. The third-order valence-electron chi connectivity index (χ3n) is 7.19. The predicted octanol–water partition coefficient (Wildman–Crippen LogP) is 4.27. The van der Waals surface area contributed by atoms with Crippen LogP contribution < -0.4 is 15.5 Å². The van der Waals surface area contributed by atoms with Gasteiger partial charge in [-0.1, -0.05) is 6.07 Å². The summed E-state index contributed by atoms with van der Waals surface area (Å²) in [6, 6.07) is 11.8. The summed E-state index contributed by atoms with van der Waals surface area (Å²) in [4.78, 5) is 19.7. The zero-order valence-electron chi connectivity index (χ0n) is 21.7. The molecule has 0 unspecified atom stereocenters. The number of nitrogens with one attached hydrogen (secondary N) is 3. The van der Waals surface area contributed by atoms with Gasteiger partial charge >= 0.3 is 0 Å². The van der Waals surface area contributed by atoms with Crippen molar-refractivity contribution >= 4 is 40.1 Å². The molecule has 198 valence electrons. The Balaban J connectivity index is 1.26. The SMILES string of the molecule is Cc1ccc2cc(Sc3nc(Nc4cc(C)[nH]n4)cc(N4CCN(C5CCNCC5)CC4)n3)cc(F)c2n1. The summed E-state index contributed by atoms with van der Waals surface area (Å²) in [5.41, 5.74) is 2.13. The van der Waals surface area contributed by atoms with E-state index in [1.807, 2.05) is 44.2 Å². The molecule has 0 bridgehead atoms. The Morgan fingerprint density at radius 2 is 1.76 bits per heavy atom. The molecule has 9 nitrogen and oxygen atoms in total. The van der Waals surface area contributed by atoms with Gasteiger partial charge in [0, 0.05) is 66.0 Å². The number of anilines is 3. The van der Waals surface area contributed by atoms with Crippen molar-refractivity contribution < 1.29 is 4.39 Å². The highest BCUT2D eigenvalue weighted by molar-refractivity contribution is 7.99. The van der Waals surface area contributed by atoms with Crippen molar-refractivity contribution in [3.8, 4) is 0 Å². The molecule has 3 aromatic heterocycles. The molecule has 0 amide bonds. The normalized spacial score (nSPS) is 17.3. The van der Waals surface area contributed by atoms with Gasteiger partial charge in [-0.2, -0.15) is 5.10 Å². The summed E-state index contributed by atoms with van der Waals surface area (Å²) >= 11 is 1.35. The lowest BCUT2D eigenvalue weighted by molar-refractivity contribution is 0.153. The molecular formula is C27H32FN9S. The molecular weight excluding hydrogens is 501 g/mol. The Kier molecular flexibility index (Phi) is 7.14. The van der Waals surface area contributed by atoms with Crippen molar-refractivity contribution in [3.05, 3.63) is 53.6 Å². The maximum atomic E-state index is 14.9. The van der Waals surface area contributed by atoms with Crippen LogP contribution in [-0.4, -0.2) is 75.4 Å². The number of piperidine rings is 1. The Bertz CT molecular complexity index is 1430. The second-order valence-corrected chi connectivity index (χ2v) is 11.0. The average Bonchev–Trinajstić information content (AvgIpc) is 3.34. The Morgan fingerprint density at radius 3 is 2.53 bits per heavy atom. The zero-order valence-corrected chi connectivity index (χ0v) is 22.5. The van der Waals surface area contributed by atoms with Crippen LogP contribution in [0.1, 0.15) is 24.2 Å². The molecule has 2 saturated heterocycles. The summed E-state index contributed by atoms with van der Waals surface area (Å²) in [5, 5.41) is 15.3. The molecule has 6 rings (SSSR count). The monoisotopic (exact) mass is 533 g/mol. The van der Waals surface area contributed by atoms with Crippen molar-refractivity contribution in [1.29, 1.82) is 0 Å². The first kappa shape index (κ1) is 25.0. The summed E-state index contributed by atoms with van der Waals surface area (Å²) < 4.78 is 14.9. The van der Waals surface area contributed by atoms with Crippen LogP contribution in [0.5, 0.6) is 0 Å². The van der Waals surface area contributed by atoms with Gasteiger partial charge in [0.05, 0.1) is 0 Å². The van der Waals surface area contributed by atoms with Crippen molar-refractivity contribution in [2.24, 2.45) is 0 Å². The minimum Gasteiger partial charge on any atom is -0.354 e. The van der Waals surface area contributed by atoms with Crippen LogP contribution in [-0.2, 0) is 0 Å². The molecule has 1 aromatic carbocycles. The molecule has 0 saturated carbocycles. The predicted molar refractivity (Wildman–Crippen MR) is 149 cm³/mol. The van der Waals surface area contributed by atoms with Gasteiger partial charge < -0.3 is 15.5 Å². The number of nitrogens with zero attached hydrogens (tertiary/aromatic N) is 6. The molecule has 5 heterocycles. The van der Waals surface area contributed by atoms with Crippen molar-refractivity contribution in [2.75, 3.05) is 49.5 Å². The molecule has 2 aliphatic rings. The van der Waals surface area contributed by atoms with Gasteiger partial charge in [0.1, 0.15) is 17.2 Å². The molecule has 11 heteroatoms. The number of aryl methyl sites for hydroxylation is 2. The smallest absolute Gasteiger partial charge is 0.196 e. The van der Waals surface area contributed by atoms with Crippen LogP contribution in [0.4, 0.5) is 21.8 Å². The van der Waals surface area contributed by atoms with E-state index >= 15 is 0 Å². The molecule has 3 N–H and O–H groups in total. The quantitative estimate of drug-likeness (QED) is 0.314. The fourth-order valence-corrected chi connectivity index (χ4v) is 6.06. The van der Waals surface area contributed by atoms with Crippen LogP contribution >= 0.6 is 11.8 Å². The number of aromatic nitrogens is 5. The second-order valence-electron chi connectivity index (χ2n) is 9.99. The number of H-pyrrole nitrogens is 1. The largest absolute Gasteiger partial charge is 0.354 e. The van der Waals surface area contributed by atoms with E-state index in [0.29, 0.717) is 28.4 Å². The Morgan fingerprint density at radius 1 is 0.947 bits per heavy atom. The fraction of sp³-hybridized carbons (Fsp3) is 0.407. The number of aromatic amines is 1. The van der Waals surface area contributed by atoms with Crippen LogP contribution in [0.3, 0.4) is 0 Å². The minimum atomic E-state index is -0.343. The number of fused-ring (bicyclic) bond motifs is 1. The van der Waals surface area contributed by atoms with Gasteiger partial charge in [0.15, 0.2) is 16.8 Å². The lowest BCUT2D eigenvalue weighted by Crippen LogP contribution is -2.53. The van der Waals surface area contributed by atoms with Gasteiger partial charge in [-0.3, -0.25) is 15.0 Å². The highest BCUT2D eigenvalue weighted by Gasteiger charge is 2.26. The Hall–Kier alpha value is -3.28. The summed E-state index contributed by atoms with van der Waals surface area (Å²) in [5.74, 6) is 1.87. The van der Waals surface area contributed by atoms with Gasteiger partial charge in [-0.25, -0.2) is 14.4 Å². The third kappa shape index (κ3) is 5.59. The summed E-state index contributed by atoms with van der Waals surface area (Å²) in [6.45, 7) is 9.86. The van der Waals surface area contributed by atoms with E-state index in [-0.39, 0.29) is 5.82 Å². The molecule has 2 aliphatic heterocycles. The molecule has 38 heavy (non-hydrogen) atoms. The maximum Gasteiger partial charge on any atom is 0.196 e. The highest BCUT2D eigenvalue weighted by Crippen LogP contribution is 2.32. The van der Waals surface area contributed by atoms with E-state index < -0.39 is 0 Å². The van der Waals surface area contributed by atoms with Crippen molar-refractivity contribution in [2.45, 2.75) is 42.8 Å². The fourth-order valence-electron chi connectivity index (χ4n) is 5.21. The highest BCUT2D eigenvalue weighted by atomic mass is 32.2. The van der Waals surface area contributed by atoms with E-state index in [1.54, 1.807) is 0 Å². The van der Waals surface area contributed by atoms with Gasteiger partial charge in [-0.15, -0.1) is 0 Å². The molecule has 2 fully saturated rings.